The van der Waals surface area contributed by atoms with Gasteiger partial charge in [-0.1, -0.05) is 6.92 Å². The summed E-state index contributed by atoms with van der Waals surface area (Å²) in [6.07, 6.45) is 0.912. The number of nitrogens with zero attached hydrogens (tertiary/aromatic N) is 2. The first-order valence-electron chi connectivity index (χ1n) is 6.52. The van der Waals surface area contributed by atoms with Gasteiger partial charge in [-0.05, 0) is 31.0 Å². The average molecular weight is 274 g/mol. The maximum Gasteiger partial charge on any atom is 0.248 e. The van der Waals surface area contributed by atoms with Crippen molar-refractivity contribution < 1.29 is 9.59 Å². The van der Waals surface area contributed by atoms with Crippen molar-refractivity contribution in [1.82, 2.24) is 9.55 Å². The minimum absolute atomic E-state index is 0.176. The molecule has 2 amide bonds. The number of hydrogen-bond acceptors (Lipinski definition) is 3. The maximum atomic E-state index is 11.3. The third kappa shape index (κ3) is 2.49. The van der Waals surface area contributed by atoms with E-state index in [4.69, 9.17) is 5.73 Å². The molecule has 0 saturated carbocycles. The van der Waals surface area contributed by atoms with Crippen molar-refractivity contribution in [2.45, 2.75) is 33.7 Å². The van der Waals surface area contributed by atoms with Crippen LogP contribution >= 0.6 is 0 Å². The molecule has 3 N–H and O–H groups in total. The number of hydrogen-bond donors (Lipinski definition) is 2. The number of aromatic nitrogens is 2. The van der Waals surface area contributed by atoms with E-state index in [9.17, 15) is 9.59 Å². The monoisotopic (exact) mass is 274 g/mol. The zero-order chi connectivity index (χ0) is 14.9. The number of benzene rings is 1. The third-order valence-corrected chi connectivity index (χ3v) is 3.05. The van der Waals surface area contributed by atoms with Gasteiger partial charge in [-0.15, -0.1) is 0 Å². The fourth-order valence-electron chi connectivity index (χ4n) is 2.31. The van der Waals surface area contributed by atoms with E-state index in [1.165, 1.54) is 6.92 Å². The van der Waals surface area contributed by atoms with Gasteiger partial charge in [0.15, 0.2) is 0 Å². The Kier molecular flexibility index (Phi) is 3.74. The zero-order valence-electron chi connectivity index (χ0n) is 11.9. The van der Waals surface area contributed by atoms with Crippen LogP contribution < -0.4 is 11.1 Å². The normalized spacial score (nSPS) is 10.8. The Hall–Kier alpha value is -2.37. The molecule has 6 nitrogen and oxygen atoms in total. The van der Waals surface area contributed by atoms with Crippen LogP contribution in [0.2, 0.25) is 0 Å². The predicted molar refractivity (Wildman–Crippen MR) is 77.6 cm³/mol. The van der Waals surface area contributed by atoms with Gasteiger partial charge >= 0.3 is 0 Å². The van der Waals surface area contributed by atoms with Crippen molar-refractivity contribution in [3.63, 3.8) is 0 Å². The minimum atomic E-state index is -0.485. The third-order valence-electron chi connectivity index (χ3n) is 3.05. The summed E-state index contributed by atoms with van der Waals surface area (Å²) < 4.78 is 1.96. The number of nitrogens with one attached hydrogen (secondary N) is 1. The highest BCUT2D eigenvalue weighted by Crippen LogP contribution is 2.25. The lowest BCUT2D eigenvalue weighted by Crippen LogP contribution is -2.12. The molecule has 20 heavy (non-hydrogen) atoms. The van der Waals surface area contributed by atoms with Crippen molar-refractivity contribution in [3.05, 3.63) is 23.3 Å². The molecule has 0 spiro atoms. The van der Waals surface area contributed by atoms with Gasteiger partial charge in [0.2, 0.25) is 17.8 Å². The quantitative estimate of drug-likeness (QED) is 0.891. The van der Waals surface area contributed by atoms with Crippen molar-refractivity contribution in [1.29, 1.82) is 0 Å². The van der Waals surface area contributed by atoms with Crippen LogP contribution in [0.4, 0.5) is 5.95 Å². The van der Waals surface area contributed by atoms with Crippen LogP contribution in [0.15, 0.2) is 12.1 Å². The number of anilines is 1. The molecule has 0 bridgehead atoms. The van der Waals surface area contributed by atoms with Crippen LogP contribution in [0, 0.1) is 6.92 Å². The first-order valence-corrected chi connectivity index (χ1v) is 6.52. The van der Waals surface area contributed by atoms with Gasteiger partial charge in [-0.2, -0.15) is 0 Å². The fraction of sp³-hybridized carbons (Fsp3) is 0.357. The molecular weight excluding hydrogens is 256 g/mol. The highest BCUT2D eigenvalue weighted by atomic mass is 16.1. The summed E-state index contributed by atoms with van der Waals surface area (Å²) in [4.78, 5) is 27.0. The Balaban J connectivity index is 2.69. The fourth-order valence-corrected chi connectivity index (χ4v) is 2.31. The predicted octanol–water partition coefficient (Wildman–Crippen LogP) is 1.81. The van der Waals surface area contributed by atoms with E-state index in [-0.39, 0.29) is 5.91 Å². The molecule has 0 fully saturated rings. The number of imidazole rings is 1. The Morgan fingerprint density at radius 3 is 2.65 bits per heavy atom. The molecule has 0 aliphatic heterocycles. The number of nitrogens with two attached hydrogens (primary N) is 1. The summed E-state index contributed by atoms with van der Waals surface area (Å²) in [6, 6.07) is 3.40. The van der Waals surface area contributed by atoms with E-state index in [1.807, 2.05) is 11.5 Å². The summed E-state index contributed by atoms with van der Waals surface area (Å²) in [6.45, 7) is 6.14. The Morgan fingerprint density at radius 2 is 2.10 bits per heavy atom. The second-order valence-corrected chi connectivity index (χ2v) is 4.79. The SMILES string of the molecule is CCCn1c(NC(C)=O)nc2cc(C(N)=O)cc(C)c21. The summed E-state index contributed by atoms with van der Waals surface area (Å²) >= 11 is 0. The molecule has 2 aromatic rings. The lowest BCUT2D eigenvalue weighted by molar-refractivity contribution is -0.114. The molecule has 0 atom stereocenters. The highest BCUT2D eigenvalue weighted by molar-refractivity contribution is 5.98. The number of rotatable bonds is 4. The minimum Gasteiger partial charge on any atom is -0.366 e. The number of carbonyl (C=O) groups is 2. The van der Waals surface area contributed by atoms with Gasteiger partial charge in [0.1, 0.15) is 0 Å². The largest absolute Gasteiger partial charge is 0.366 e. The standard InChI is InChI=1S/C14H18N4O2/c1-4-5-18-12-8(2)6-10(13(15)20)7-11(12)17-14(18)16-9(3)19/h6-7H,4-5H2,1-3H3,(H2,15,20)(H,16,17,19). The zero-order valence-corrected chi connectivity index (χ0v) is 11.9. The van der Waals surface area contributed by atoms with Gasteiger partial charge in [0.25, 0.3) is 0 Å². The van der Waals surface area contributed by atoms with E-state index >= 15 is 0 Å². The molecule has 6 heteroatoms. The van der Waals surface area contributed by atoms with Gasteiger partial charge in [0.05, 0.1) is 11.0 Å². The first-order chi connectivity index (χ1) is 9.43. The molecule has 1 heterocycles. The molecule has 0 aliphatic rings. The van der Waals surface area contributed by atoms with Gasteiger partial charge in [-0.3, -0.25) is 14.9 Å². The summed E-state index contributed by atoms with van der Waals surface area (Å²) in [5, 5.41) is 2.72. The van der Waals surface area contributed by atoms with Crippen LogP contribution in [0.1, 0.15) is 36.2 Å². The molecule has 0 unspecified atom stereocenters. The second kappa shape index (κ2) is 5.32. The average Bonchev–Trinajstić information content (AvgIpc) is 2.67. The number of fused-ring (bicyclic) bond motifs is 1. The van der Waals surface area contributed by atoms with Crippen LogP contribution in [0.25, 0.3) is 11.0 Å². The van der Waals surface area contributed by atoms with Gasteiger partial charge in [0, 0.05) is 19.0 Å². The van der Waals surface area contributed by atoms with Crippen LogP contribution in [-0.4, -0.2) is 21.4 Å². The Bertz CT molecular complexity index is 688. The van der Waals surface area contributed by atoms with E-state index in [2.05, 4.69) is 17.2 Å². The smallest absolute Gasteiger partial charge is 0.248 e. The Labute approximate surface area is 117 Å². The molecule has 0 saturated heterocycles. The van der Waals surface area contributed by atoms with E-state index < -0.39 is 5.91 Å². The van der Waals surface area contributed by atoms with Crippen LogP contribution in [0.5, 0.6) is 0 Å². The van der Waals surface area contributed by atoms with Crippen molar-refractivity contribution in [3.8, 4) is 0 Å². The van der Waals surface area contributed by atoms with Gasteiger partial charge in [-0.25, -0.2) is 4.98 Å². The Morgan fingerprint density at radius 1 is 1.40 bits per heavy atom. The second-order valence-electron chi connectivity index (χ2n) is 4.79. The van der Waals surface area contributed by atoms with Gasteiger partial charge < -0.3 is 10.3 Å². The summed E-state index contributed by atoms with van der Waals surface area (Å²) in [5.74, 6) is -0.161. The molecule has 0 radical (unpaired) electrons. The van der Waals surface area contributed by atoms with E-state index in [0.717, 1.165) is 24.0 Å². The molecule has 106 valence electrons. The highest BCUT2D eigenvalue weighted by Gasteiger charge is 2.15. The van der Waals surface area contributed by atoms with E-state index in [1.54, 1.807) is 12.1 Å². The summed E-state index contributed by atoms with van der Waals surface area (Å²) in [5.41, 5.74) is 8.23. The number of carbonyl (C=O) groups excluding carboxylic acids is 2. The topological polar surface area (TPSA) is 90.0 Å². The molecule has 0 aliphatic carbocycles. The van der Waals surface area contributed by atoms with Crippen molar-refractivity contribution in [2.24, 2.45) is 5.73 Å². The number of amides is 2. The lowest BCUT2D eigenvalue weighted by Gasteiger charge is -2.09. The van der Waals surface area contributed by atoms with Crippen molar-refractivity contribution in [2.75, 3.05) is 5.32 Å². The molecule has 1 aromatic carbocycles. The van der Waals surface area contributed by atoms with E-state index in [0.29, 0.717) is 17.0 Å². The van der Waals surface area contributed by atoms with Crippen LogP contribution in [0.3, 0.4) is 0 Å². The van der Waals surface area contributed by atoms with Crippen molar-refractivity contribution >= 4 is 28.8 Å². The maximum absolute atomic E-state index is 11.3. The summed E-state index contributed by atoms with van der Waals surface area (Å²) in [7, 11) is 0. The molecule has 2 rings (SSSR count). The molecule has 1 aromatic heterocycles. The lowest BCUT2D eigenvalue weighted by atomic mass is 10.1. The number of aryl methyl sites for hydroxylation is 2. The first kappa shape index (κ1) is 14.0. The van der Waals surface area contributed by atoms with Crippen LogP contribution in [-0.2, 0) is 11.3 Å². The molecular formula is C14H18N4O2. The number of primary amides is 1.